The van der Waals surface area contributed by atoms with Gasteiger partial charge < -0.3 is 20.1 Å². The molecule has 0 saturated heterocycles. The van der Waals surface area contributed by atoms with Crippen LogP contribution in [0.15, 0.2) is 18.2 Å². The number of esters is 2. The van der Waals surface area contributed by atoms with Crippen LogP contribution in [0.2, 0.25) is 0 Å². The molecule has 118 valence electrons. The van der Waals surface area contributed by atoms with Gasteiger partial charge in [-0.15, -0.1) is 0 Å². The number of amides is 2. The van der Waals surface area contributed by atoms with Gasteiger partial charge in [0.25, 0.3) is 0 Å². The van der Waals surface area contributed by atoms with E-state index >= 15 is 0 Å². The summed E-state index contributed by atoms with van der Waals surface area (Å²) in [6.07, 6.45) is 0. The Bertz CT molecular complexity index is 540. The Balaban J connectivity index is 2.70. The summed E-state index contributed by atoms with van der Waals surface area (Å²) in [6, 6.07) is 4.27. The van der Waals surface area contributed by atoms with E-state index in [1.54, 1.807) is 13.8 Å². The summed E-state index contributed by atoms with van der Waals surface area (Å²) in [5.41, 5.74) is 0. The molecule has 0 radical (unpaired) electrons. The lowest BCUT2D eigenvalue weighted by Crippen LogP contribution is -2.27. The molecule has 9 nitrogen and oxygen atoms in total. The number of carbonyl (C=O) groups excluding carboxylic acids is 4. The average molecular weight is 309 g/mol. The van der Waals surface area contributed by atoms with E-state index < -0.39 is 23.8 Å². The van der Waals surface area contributed by atoms with Crippen molar-refractivity contribution in [2.24, 2.45) is 0 Å². The third-order valence-electron chi connectivity index (χ3n) is 2.15. The van der Waals surface area contributed by atoms with E-state index in [0.717, 1.165) is 0 Å². The minimum atomic E-state index is -1.05. The number of hydrogen-bond donors (Lipinski definition) is 2. The zero-order valence-corrected chi connectivity index (χ0v) is 12.0. The van der Waals surface area contributed by atoms with E-state index in [2.05, 4.69) is 25.1 Å². The van der Waals surface area contributed by atoms with Crippen LogP contribution in [-0.4, -0.2) is 42.0 Å². The molecule has 0 atom stereocenters. The molecule has 9 heteroatoms. The first kappa shape index (κ1) is 17.1. The molecule has 1 aromatic rings. The number of anilines is 2. The van der Waals surface area contributed by atoms with Crippen LogP contribution in [0.4, 0.5) is 11.6 Å². The van der Waals surface area contributed by atoms with Gasteiger partial charge in [0.05, 0.1) is 13.2 Å². The van der Waals surface area contributed by atoms with Crippen molar-refractivity contribution >= 4 is 35.4 Å². The number of nitrogens with zero attached hydrogens (tertiary/aromatic N) is 1. The number of pyridine rings is 1. The van der Waals surface area contributed by atoms with E-state index in [4.69, 9.17) is 0 Å². The lowest BCUT2D eigenvalue weighted by atomic mass is 10.4. The normalized spacial score (nSPS) is 9.55. The predicted molar refractivity (Wildman–Crippen MR) is 74.8 cm³/mol. The van der Waals surface area contributed by atoms with Crippen LogP contribution in [0.5, 0.6) is 0 Å². The topological polar surface area (TPSA) is 124 Å². The summed E-state index contributed by atoms with van der Waals surface area (Å²) in [5.74, 6) is -4.07. The standard InChI is InChI=1S/C13H15N3O6/c1-3-21-12(19)10(17)15-8-6-5-7-9(14-8)16-11(18)13(20)22-4-2/h5-7H,3-4H2,1-2H3,(H2,14,15,16,17,18). The van der Waals surface area contributed by atoms with Gasteiger partial charge in [-0.05, 0) is 26.0 Å². The summed E-state index contributed by atoms with van der Waals surface area (Å²) in [4.78, 5) is 49.1. The molecular formula is C13H15N3O6. The number of rotatable bonds is 4. The van der Waals surface area contributed by atoms with E-state index in [9.17, 15) is 19.2 Å². The first-order valence-electron chi connectivity index (χ1n) is 6.41. The highest BCUT2D eigenvalue weighted by molar-refractivity contribution is 6.37. The van der Waals surface area contributed by atoms with Crippen LogP contribution >= 0.6 is 0 Å². The van der Waals surface area contributed by atoms with Crippen LogP contribution in [0, 0.1) is 0 Å². The largest absolute Gasteiger partial charge is 0.459 e. The lowest BCUT2D eigenvalue weighted by molar-refractivity contribution is -0.152. The molecule has 22 heavy (non-hydrogen) atoms. The molecule has 2 N–H and O–H groups in total. The van der Waals surface area contributed by atoms with Gasteiger partial charge in [0.15, 0.2) is 0 Å². The van der Waals surface area contributed by atoms with Gasteiger partial charge in [-0.25, -0.2) is 14.6 Å². The molecule has 2 amide bonds. The second-order valence-electron chi connectivity index (χ2n) is 3.76. The molecule has 0 aliphatic carbocycles. The first-order chi connectivity index (χ1) is 10.5. The number of ether oxygens (including phenoxy) is 2. The van der Waals surface area contributed by atoms with Crippen molar-refractivity contribution in [2.45, 2.75) is 13.8 Å². The minimum absolute atomic E-state index is 0.0136. The van der Waals surface area contributed by atoms with Crippen molar-refractivity contribution in [1.82, 2.24) is 4.98 Å². The summed E-state index contributed by atoms with van der Waals surface area (Å²) in [7, 11) is 0. The molecule has 0 aliphatic heterocycles. The zero-order chi connectivity index (χ0) is 16.5. The Morgan fingerprint density at radius 2 is 1.32 bits per heavy atom. The quantitative estimate of drug-likeness (QED) is 0.596. The van der Waals surface area contributed by atoms with Gasteiger partial charge in [0, 0.05) is 0 Å². The highest BCUT2D eigenvalue weighted by Crippen LogP contribution is 2.09. The third-order valence-corrected chi connectivity index (χ3v) is 2.15. The number of hydrogen-bond acceptors (Lipinski definition) is 7. The maximum atomic E-state index is 11.4. The fourth-order valence-corrected chi connectivity index (χ4v) is 1.30. The highest BCUT2D eigenvalue weighted by Gasteiger charge is 2.17. The van der Waals surface area contributed by atoms with Crippen molar-refractivity contribution in [2.75, 3.05) is 23.8 Å². The van der Waals surface area contributed by atoms with Crippen molar-refractivity contribution in [3.05, 3.63) is 18.2 Å². The van der Waals surface area contributed by atoms with Crippen LogP contribution < -0.4 is 10.6 Å². The molecule has 0 unspecified atom stereocenters. The Kier molecular flexibility index (Phi) is 6.48. The minimum Gasteiger partial charge on any atom is -0.459 e. The summed E-state index contributed by atoms with van der Waals surface area (Å²) in [6.45, 7) is 3.26. The molecule has 0 saturated carbocycles. The predicted octanol–water partition coefficient (Wildman–Crippen LogP) is 0.0848. The zero-order valence-electron chi connectivity index (χ0n) is 12.0. The molecule has 1 rings (SSSR count). The van der Waals surface area contributed by atoms with Crippen LogP contribution in [0.1, 0.15) is 13.8 Å². The van der Waals surface area contributed by atoms with Gasteiger partial charge in [-0.1, -0.05) is 6.07 Å². The average Bonchev–Trinajstić information content (AvgIpc) is 2.48. The second-order valence-corrected chi connectivity index (χ2v) is 3.76. The molecule has 0 fully saturated rings. The molecule has 0 bridgehead atoms. The van der Waals surface area contributed by atoms with E-state index in [1.807, 2.05) is 0 Å². The monoisotopic (exact) mass is 309 g/mol. The summed E-state index contributed by atoms with van der Waals surface area (Å²) in [5, 5.41) is 4.40. The third kappa shape index (κ3) is 5.19. The van der Waals surface area contributed by atoms with Crippen molar-refractivity contribution < 1.29 is 28.7 Å². The van der Waals surface area contributed by atoms with Crippen molar-refractivity contribution in [1.29, 1.82) is 0 Å². The molecule has 0 aromatic carbocycles. The Labute approximate surface area is 126 Å². The van der Waals surface area contributed by atoms with Crippen LogP contribution in [0.3, 0.4) is 0 Å². The SMILES string of the molecule is CCOC(=O)C(=O)Nc1cccc(NC(=O)C(=O)OCC)n1. The van der Waals surface area contributed by atoms with Gasteiger partial charge in [0.1, 0.15) is 11.6 Å². The van der Waals surface area contributed by atoms with E-state index in [0.29, 0.717) is 0 Å². The van der Waals surface area contributed by atoms with Gasteiger partial charge in [0.2, 0.25) is 0 Å². The molecule has 1 aromatic heterocycles. The lowest BCUT2D eigenvalue weighted by Gasteiger charge is -2.07. The summed E-state index contributed by atoms with van der Waals surface area (Å²) < 4.78 is 9.04. The number of nitrogens with one attached hydrogen (secondary N) is 2. The maximum Gasteiger partial charge on any atom is 0.397 e. The summed E-state index contributed by atoms with van der Waals surface area (Å²) >= 11 is 0. The van der Waals surface area contributed by atoms with E-state index in [1.165, 1.54) is 18.2 Å². The van der Waals surface area contributed by atoms with Crippen LogP contribution in [0.25, 0.3) is 0 Å². The number of aromatic nitrogens is 1. The Morgan fingerprint density at radius 1 is 0.909 bits per heavy atom. The van der Waals surface area contributed by atoms with Crippen molar-refractivity contribution in [3.63, 3.8) is 0 Å². The smallest absolute Gasteiger partial charge is 0.397 e. The fraction of sp³-hybridized carbons (Fsp3) is 0.308. The highest BCUT2D eigenvalue weighted by atomic mass is 16.5. The van der Waals surface area contributed by atoms with E-state index in [-0.39, 0.29) is 24.8 Å². The molecular weight excluding hydrogens is 294 g/mol. The second kappa shape index (κ2) is 8.35. The van der Waals surface area contributed by atoms with Gasteiger partial charge in [-0.2, -0.15) is 0 Å². The fourth-order valence-electron chi connectivity index (χ4n) is 1.30. The Hall–Kier alpha value is -2.97. The molecule has 0 spiro atoms. The first-order valence-corrected chi connectivity index (χ1v) is 6.41. The maximum absolute atomic E-state index is 11.4. The molecule has 1 heterocycles. The molecule has 0 aliphatic rings. The van der Waals surface area contributed by atoms with Gasteiger partial charge >= 0.3 is 23.8 Å². The van der Waals surface area contributed by atoms with Crippen molar-refractivity contribution in [3.8, 4) is 0 Å². The van der Waals surface area contributed by atoms with Gasteiger partial charge in [-0.3, -0.25) is 9.59 Å². The Morgan fingerprint density at radius 3 is 1.68 bits per heavy atom. The van der Waals surface area contributed by atoms with Crippen LogP contribution in [-0.2, 0) is 28.7 Å². The number of carbonyl (C=O) groups is 4.